The first-order valence-corrected chi connectivity index (χ1v) is 11.5. The standard InChI is InChI=1S/C18H19NO7S2/c1-3-27(22,23)14-8-9-16-15(10-14)19(11-17(26-16)18(20)21)28(24,25)13-6-4-12(2)5-7-13/h4-10,17H,3,11H2,1-2H3,(H,20,21)/t17-/m1/s1. The molecule has 3 rings (SSSR count). The van der Waals surface area contributed by atoms with Crippen LogP contribution < -0.4 is 9.04 Å². The maximum atomic E-state index is 13.2. The topological polar surface area (TPSA) is 118 Å². The third-order valence-corrected chi connectivity index (χ3v) is 7.95. The van der Waals surface area contributed by atoms with Gasteiger partial charge in [0.25, 0.3) is 10.0 Å². The maximum Gasteiger partial charge on any atom is 0.346 e. The van der Waals surface area contributed by atoms with Crippen LogP contribution in [0.5, 0.6) is 5.75 Å². The van der Waals surface area contributed by atoms with E-state index in [1.54, 1.807) is 12.1 Å². The number of fused-ring (bicyclic) bond motifs is 1. The van der Waals surface area contributed by atoms with E-state index in [0.717, 1.165) is 9.87 Å². The SMILES string of the molecule is CCS(=O)(=O)c1ccc2c(c1)N(S(=O)(=O)c1ccc(C)cc1)C[C@H](C(=O)O)O2. The van der Waals surface area contributed by atoms with E-state index >= 15 is 0 Å². The Hall–Kier alpha value is -2.59. The highest BCUT2D eigenvalue weighted by atomic mass is 32.2. The van der Waals surface area contributed by atoms with E-state index in [1.165, 1.54) is 37.3 Å². The molecule has 1 N–H and O–H groups in total. The van der Waals surface area contributed by atoms with Crippen molar-refractivity contribution in [2.75, 3.05) is 16.6 Å². The van der Waals surface area contributed by atoms with Crippen molar-refractivity contribution in [3.8, 4) is 5.75 Å². The molecule has 0 fully saturated rings. The number of rotatable bonds is 5. The number of hydrogen-bond acceptors (Lipinski definition) is 6. The molecule has 1 heterocycles. The second-order valence-corrected chi connectivity index (χ2v) is 10.5. The fourth-order valence-electron chi connectivity index (χ4n) is 2.78. The number of anilines is 1. The fourth-order valence-corrected chi connectivity index (χ4v) is 5.15. The Balaban J connectivity index is 2.18. The number of nitrogens with zero attached hydrogens (tertiary/aromatic N) is 1. The molecule has 0 aliphatic carbocycles. The van der Waals surface area contributed by atoms with Gasteiger partial charge in [0.2, 0.25) is 6.10 Å². The van der Waals surface area contributed by atoms with Crippen molar-refractivity contribution in [1.29, 1.82) is 0 Å². The Kier molecular flexibility index (Phi) is 5.11. The van der Waals surface area contributed by atoms with Gasteiger partial charge in [-0.05, 0) is 37.3 Å². The molecule has 8 nitrogen and oxygen atoms in total. The molecule has 28 heavy (non-hydrogen) atoms. The molecule has 0 spiro atoms. The van der Waals surface area contributed by atoms with Gasteiger partial charge < -0.3 is 9.84 Å². The number of hydrogen-bond donors (Lipinski definition) is 1. The zero-order valence-electron chi connectivity index (χ0n) is 15.2. The van der Waals surface area contributed by atoms with Crippen molar-refractivity contribution in [3.05, 3.63) is 48.0 Å². The van der Waals surface area contributed by atoms with Gasteiger partial charge in [-0.25, -0.2) is 21.6 Å². The number of sulfonamides is 1. The van der Waals surface area contributed by atoms with E-state index in [9.17, 15) is 26.7 Å². The molecule has 0 amide bonds. The average molecular weight is 425 g/mol. The third kappa shape index (κ3) is 3.57. The molecule has 0 bridgehead atoms. The van der Waals surface area contributed by atoms with Crippen molar-refractivity contribution in [2.24, 2.45) is 0 Å². The van der Waals surface area contributed by atoms with Crippen LogP contribution in [0.4, 0.5) is 5.69 Å². The van der Waals surface area contributed by atoms with E-state index in [0.29, 0.717) is 0 Å². The summed E-state index contributed by atoms with van der Waals surface area (Å²) in [6.45, 7) is 2.81. The summed E-state index contributed by atoms with van der Waals surface area (Å²) >= 11 is 0. The quantitative estimate of drug-likeness (QED) is 0.776. The van der Waals surface area contributed by atoms with Gasteiger partial charge >= 0.3 is 5.97 Å². The fraction of sp³-hybridized carbons (Fsp3) is 0.278. The molecule has 0 aromatic heterocycles. The molecule has 0 unspecified atom stereocenters. The van der Waals surface area contributed by atoms with E-state index in [1.807, 2.05) is 6.92 Å². The number of carboxylic acid groups (broad SMARTS) is 1. The molecule has 2 aromatic carbocycles. The van der Waals surface area contributed by atoms with Gasteiger partial charge in [-0.1, -0.05) is 24.6 Å². The van der Waals surface area contributed by atoms with Gasteiger partial charge in [-0.2, -0.15) is 0 Å². The summed E-state index contributed by atoms with van der Waals surface area (Å²) in [4.78, 5) is 11.4. The Morgan fingerprint density at radius 3 is 2.29 bits per heavy atom. The molecule has 10 heteroatoms. The zero-order chi connectivity index (χ0) is 20.7. The minimum absolute atomic E-state index is 0.00685. The van der Waals surface area contributed by atoms with Crippen LogP contribution in [0, 0.1) is 6.92 Å². The number of carbonyl (C=O) groups is 1. The summed E-state index contributed by atoms with van der Waals surface area (Å²) in [5, 5.41) is 9.33. The van der Waals surface area contributed by atoms with Crippen LogP contribution in [0.3, 0.4) is 0 Å². The van der Waals surface area contributed by atoms with Gasteiger partial charge in [0, 0.05) is 0 Å². The Morgan fingerprint density at radius 1 is 1.11 bits per heavy atom. The van der Waals surface area contributed by atoms with Crippen molar-refractivity contribution < 1.29 is 31.5 Å². The van der Waals surface area contributed by atoms with Crippen LogP contribution in [0.1, 0.15) is 12.5 Å². The minimum atomic E-state index is -4.13. The van der Waals surface area contributed by atoms with Gasteiger partial charge in [-0.15, -0.1) is 0 Å². The second kappa shape index (κ2) is 7.10. The lowest BCUT2D eigenvalue weighted by molar-refractivity contribution is -0.144. The van der Waals surface area contributed by atoms with E-state index < -0.39 is 38.5 Å². The number of ether oxygens (including phenoxy) is 1. The molecule has 2 aromatic rings. The van der Waals surface area contributed by atoms with Crippen molar-refractivity contribution in [2.45, 2.75) is 29.7 Å². The Morgan fingerprint density at radius 2 is 1.71 bits per heavy atom. The van der Waals surface area contributed by atoms with Crippen molar-refractivity contribution >= 4 is 31.5 Å². The van der Waals surface area contributed by atoms with E-state index in [4.69, 9.17) is 4.74 Å². The van der Waals surface area contributed by atoms with Gasteiger partial charge in [0.15, 0.2) is 9.84 Å². The summed E-state index contributed by atoms with van der Waals surface area (Å²) in [5.74, 6) is -1.49. The lowest BCUT2D eigenvalue weighted by Crippen LogP contribution is -2.47. The van der Waals surface area contributed by atoms with Crippen LogP contribution in [0.2, 0.25) is 0 Å². The Labute approximate surface area is 163 Å². The smallest absolute Gasteiger partial charge is 0.346 e. The van der Waals surface area contributed by atoms with Crippen LogP contribution >= 0.6 is 0 Å². The number of aliphatic carboxylic acids is 1. The van der Waals surface area contributed by atoms with Gasteiger partial charge in [0.05, 0.1) is 27.8 Å². The normalized spacial score (nSPS) is 16.9. The van der Waals surface area contributed by atoms with Crippen LogP contribution in [-0.2, 0) is 24.7 Å². The molecule has 0 saturated carbocycles. The Bertz CT molecular complexity index is 1120. The highest BCUT2D eigenvalue weighted by molar-refractivity contribution is 7.93. The lowest BCUT2D eigenvalue weighted by Gasteiger charge is -2.34. The zero-order valence-corrected chi connectivity index (χ0v) is 16.8. The maximum absolute atomic E-state index is 13.2. The first kappa shape index (κ1) is 20.2. The largest absolute Gasteiger partial charge is 0.478 e. The molecule has 1 aliphatic heterocycles. The summed E-state index contributed by atoms with van der Waals surface area (Å²) in [7, 11) is -7.73. The van der Waals surface area contributed by atoms with E-state index in [2.05, 4.69) is 0 Å². The lowest BCUT2D eigenvalue weighted by atomic mass is 10.2. The van der Waals surface area contributed by atoms with Crippen LogP contribution in [0.15, 0.2) is 52.3 Å². The number of carboxylic acids is 1. The molecular formula is C18H19NO7S2. The molecule has 1 atom stereocenters. The number of aryl methyl sites for hydroxylation is 1. The minimum Gasteiger partial charge on any atom is -0.478 e. The monoisotopic (exact) mass is 425 g/mol. The third-order valence-electron chi connectivity index (χ3n) is 4.42. The summed E-state index contributed by atoms with van der Waals surface area (Å²) in [6.07, 6.45) is -1.42. The summed E-state index contributed by atoms with van der Waals surface area (Å²) in [5.41, 5.74) is 0.855. The van der Waals surface area contributed by atoms with Crippen LogP contribution in [0.25, 0.3) is 0 Å². The highest BCUT2D eigenvalue weighted by Crippen LogP contribution is 2.38. The van der Waals surface area contributed by atoms with Gasteiger partial charge in [0.1, 0.15) is 5.75 Å². The molecule has 0 saturated heterocycles. The first-order valence-electron chi connectivity index (χ1n) is 8.42. The first-order chi connectivity index (χ1) is 13.1. The van der Waals surface area contributed by atoms with E-state index in [-0.39, 0.29) is 27.0 Å². The predicted molar refractivity (Wildman–Crippen MR) is 102 cm³/mol. The molecule has 0 radical (unpaired) electrons. The van der Waals surface area contributed by atoms with Gasteiger partial charge in [-0.3, -0.25) is 4.31 Å². The average Bonchev–Trinajstić information content (AvgIpc) is 2.66. The highest BCUT2D eigenvalue weighted by Gasteiger charge is 2.38. The number of benzene rings is 2. The second-order valence-electron chi connectivity index (χ2n) is 6.33. The molecular weight excluding hydrogens is 406 g/mol. The predicted octanol–water partition coefficient (Wildman–Crippen LogP) is 1.83. The van der Waals surface area contributed by atoms with Crippen molar-refractivity contribution in [1.82, 2.24) is 0 Å². The summed E-state index contributed by atoms with van der Waals surface area (Å²) < 4.78 is 57.1. The number of sulfone groups is 1. The molecule has 150 valence electrons. The van der Waals surface area contributed by atoms with Crippen molar-refractivity contribution in [3.63, 3.8) is 0 Å². The van der Waals surface area contributed by atoms with Crippen LogP contribution in [-0.4, -0.2) is 46.3 Å². The summed E-state index contributed by atoms with van der Waals surface area (Å²) in [6, 6.07) is 9.85. The molecule has 1 aliphatic rings.